The van der Waals surface area contributed by atoms with E-state index in [0.29, 0.717) is 30.2 Å². The molecule has 0 radical (unpaired) electrons. The van der Waals surface area contributed by atoms with Gasteiger partial charge in [0.05, 0.1) is 6.54 Å². The van der Waals surface area contributed by atoms with E-state index in [4.69, 9.17) is 11.6 Å². The standard InChI is InChI=1S/C25H32ClN5O3/c1-3-14-30-23(33)21-15-20(22(32)27-13-12-17-8-10-18(26)11-9-17)29-31(21)16-25(30,2)24(34)28-19-6-4-5-7-19/h8-11,15,19H,3-7,12-14,16H2,1-2H3,(H,27,32)(H,28,34)/t25-/m0/s1. The SMILES string of the molecule is CCCN1C(=O)c2cc(C(=O)NCCc3ccc(Cl)cc3)nn2C[C@@]1(C)C(=O)NC1CCCC1. The third-order valence-electron chi connectivity index (χ3n) is 6.77. The number of nitrogens with one attached hydrogen (secondary N) is 2. The lowest BCUT2D eigenvalue weighted by molar-refractivity contribution is -0.133. The van der Waals surface area contributed by atoms with E-state index in [-0.39, 0.29) is 36.0 Å². The molecule has 0 bridgehead atoms. The van der Waals surface area contributed by atoms with Crippen molar-refractivity contribution in [1.29, 1.82) is 0 Å². The Kier molecular flexibility index (Phi) is 7.26. The second kappa shape index (κ2) is 10.2. The van der Waals surface area contributed by atoms with E-state index >= 15 is 0 Å². The number of rotatable bonds is 8. The number of carbonyl (C=O) groups excluding carboxylic acids is 3. The highest BCUT2D eigenvalue weighted by molar-refractivity contribution is 6.30. The third-order valence-corrected chi connectivity index (χ3v) is 7.02. The van der Waals surface area contributed by atoms with Crippen molar-refractivity contribution in [2.45, 2.75) is 70.5 Å². The normalized spacial score (nSPS) is 20.3. The van der Waals surface area contributed by atoms with Crippen molar-refractivity contribution in [2.75, 3.05) is 13.1 Å². The fourth-order valence-electron chi connectivity index (χ4n) is 4.80. The number of hydrogen-bond acceptors (Lipinski definition) is 4. The first-order chi connectivity index (χ1) is 16.3. The van der Waals surface area contributed by atoms with E-state index in [1.54, 1.807) is 11.8 Å². The van der Waals surface area contributed by atoms with E-state index < -0.39 is 5.54 Å². The summed E-state index contributed by atoms with van der Waals surface area (Å²) in [6.45, 7) is 4.88. The average molecular weight is 486 g/mol. The molecule has 2 aromatic rings. The lowest BCUT2D eigenvalue weighted by atomic mass is 9.94. The molecule has 9 heteroatoms. The summed E-state index contributed by atoms with van der Waals surface area (Å²) >= 11 is 5.91. The van der Waals surface area contributed by atoms with Crippen LogP contribution in [-0.4, -0.2) is 57.1 Å². The van der Waals surface area contributed by atoms with Crippen molar-refractivity contribution in [2.24, 2.45) is 0 Å². The van der Waals surface area contributed by atoms with Crippen LogP contribution in [0.5, 0.6) is 0 Å². The third kappa shape index (κ3) is 4.97. The van der Waals surface area contributed by atoms with Crippen LogP contribution in [0, 0.1) is 0 Å². The molecular formula is C25H32ClN5O3. The van der Waals surface area contributed by atoms with Crippen LogP contribution < -0.4 is 10.6 Å². The highest BCUT2D eigenvalue weighted by Gasteiger charge is 2.48. The lowest BCUT2D eigenvalue weighted by Crippen LogP contribution is -2.65. The first-order valence-corrected chi connectivity index (χ1v) is 12.4. The highest BCUT2D eigenvalue weighted by Crippen LogP contribution is 2.29. The average Bonchev–Trinajstić information content (AvgIpc) is 3.48. The van der Waals surface area contributed by atoms with Gasteiger partial charge in [-0.1, -0.05) is 43.5 Å². The molecule has 1 fully saturated rings. The van der Waals surface area contributed by atoms with Crippen molar-refractivity contribution in [3.63, 3.8) is 0 Å². The first-order valence-electron chi connectivity index (χ1n) is 12.0. The zero-order valence-corrected chi connectivity index (χ0v) is 20.5. The fraction of sp³-hybridized carbons (Fsp3) is 0.520. The zero-order valence-electron chi connectivity index (χ0n) is 19.8. The van der Waals surface area contributed by atoms with Gasteiger partial charge < -0.3 is 15.5 Å². The van der Waals surface area contributed by atoms with Crippen LogP contribution in [0.15, 0.2) is 30.3 Å². The number of aromatic nitrogens is 2. The molecule has 1 aliphatic carbocycles. The van der Waals surface area contributed by atoms with Gasteiger partial charge in [0.25, 0.3) is 11.8 Å². The van der Waals surface area contributed by atoms with Gasteiger partial charge in [-0.25, -0.2) is 0 Å². The predicted octanol–water partition coefficient (Wildman–Crippen LogP) is 3.19. The molecule has 1 aliphatic heterocycles. The van der Waals surface area contributed by atoms with Gasteiger partial charge in [0.15, 0.2) is 5.69 Å². The van der Waals surface area contributed by atoms with Crippen LogP contribution in [0.4, 0.5) is 0 Å². The van der Waals surface area contributed by atoms with Crippen LogP contribution in [0.25, 0.3) is 0 Å². The quantitative estimate of drug-likeness (QED) is 0.600. The number of halogens is 1. The molecule has 34 heavy (non-hydrogen) atoms. The van der Waals surface area contributed by atoms with Crippen molar-refractivity contribution >= 4 is 29.3 Å². The Labute approximate surface area is 205 Å². The molecule has 1 atom stereocenters. The number of nitrogens with zero attached hydrogens (tertiary/aromatic N) is 3. The molecule has 0 unspecified atom stereocenters. The molecule has 0 saturated heterocycles. The fourth-order valence-corrected chi connectivity index (χ4v) is 4.93. The topological polar surface area (TPSA) is 96.3 Å². The minimum atomic E-state index is -1.06. The maximum absolute atomic E-state index is 13.4. The van der Waals surface area contributed by atoms with Crippen molar-refractivity contribution in [3.8, 4) is 0 Å². The van der Waals surface area contributed by atoms with Crippen LogP contribution >= 0.6 is 11.6 Å². The van der Waals surface area contributed by atoms with Gasteiger partial charge >= 0.3 is 0 Å². The monoisotopic (exact) mass is 485 g/mol. The Balaban J connectivity index is 1.47. The van der Waals surface area contributed by atoms with Crippen LogP contribution in [0.2, 0.25) is 5.02 Å². The van der Waals surface area contributed by atoms with Crippen molar-refractivity contribution in [1.82, 2.24) is 25.3 Å². The Bertz CT molecular complexity index is 1060. The molecule has 182 valence electrons. The minimum Gasteiger partial charge on any atom is -0.351 e. The Morgan fingerprint density at radius 1 is 1.21 bits per heavy atom. The van der Waals surface area contributed by atoms with E-state index in [2.05, 4.69) is 15.7 Å². The molecule has 4 rings (SSSR count). The molecular weight excluding hydrogens is 454 g/mol. The maximum atomic E-state index is 13.4. The molecule has 2 heterocycles. The molecule has 8 nitrogen and oxygen atoms in total. The van der Waals surface area contributed by atoms with E-state index in [9.17, 15) is 14.4 Å². The van der Waals surface area contributed by atoms with Crippen molar-refractivity contribution < 1.29 is 14.4 Å². The Morgan fingerprint density at radius 3 is 2.59 bits per heavy atom. The largest absolute Gasteiger partial charge is 0.351 e. The van der Waals surface area contributed by atoms with Crippen LogP contribution in [-0.2, 0) is 17.8 Å². The summed E-state index contributed by atoms with van der Waals surface area (Å²) in [6, 6.07) is 9.15. The smallest absolute Gasteiger partial charge is 0.273 e. The summed E-state index contributed by atoms with van der Waals surface area (Å²) in [4.78, 5) is 41.1. The summed E-state index contributed by atoms with van der Waals surface area (Å²) in [5.41, 5.74) is 0.513. The van der Waals surface area contributed by atoms with Gasteiger partial charge in [-0.3, -0.25) is 19.1 Å². The predicted molar refractivity (Wildman–Crippen MR) is 130 cm³/mol. The summed E-state index contributed by atoms with van der Waals surface area (Å²) < 4.78 is 1.51. The zero-order chi connectivity index (χ0) is 24.3. The number of carbonyl (C=O) groups is 3. The summed E-state index contributed by atoms with van der Waals surface area (Å²) in [5.74, 6) is -0.774. The molecule has 1 saturated carbocycles. The van der Waals surface area contributed by atoms with E-state index in [1.807, 2.05) is 31.2 Å². The summed E-state index contributed by atoms with van der Waals surface area (Å²) in [5, 5.41) is 11.1. The molecule has 3 amide bonds. The van der Waals surface area contributed by atoms with Crippen LogP contribution in [0.1, 0.15) is 72.5 Å². The first kappa shape index (κ1) is 24.3. The molecule has 2 aliphatic rings. The van der Waals surface area contributed by atoms with Gasteiger partial charge in [-0.05, 0) is 50.3 Å². The molecule has 2 N–H and O–H groups in total. The Hall–Kier alpha value is -2.87. The van der Waals surface area contributed by atoms with E-state index in [1.165, 1.54) is 10.7 Å². The van der Waals surface area contributed by atoms with Crippen LogP contribution in [0.3, 0.4) is 0 Å². The summed E-state index contributed by atoms with van der Waals surface area (Å²) in [6.07, 6.45) is 5.54. The van der Waals surface area contributed by atoms with Gasteiger partial charge in [0.1, 0.15) is 11.2 Å². The number of fused-ring (bicyclic) bond motifs is 1. The highest BCUT2D eigenvalue weighted by atomic mass is 35.5. The maximum Gasteiger partial charge on any atom is 0.273 e. The van der Waals surface area contributed by atoms with Gasteiger partial charge in [-0.2, -0.15) is 5.10 Å². The minimum absolute atomic E-state index is 0.156. The lowest BCUT2D eigenvalue weighted by Gasteiger charge is -2.43. The number of amides is 3. The second-order valence-corrected chi connectivity index (χ2v) is 9.83. The number of hydrogen-bond donors (Lipinski definition) is 2. The van der Waals surface area contributed by atoms with Gasteiger partial charge in [-0.15, -0.1) is 0 Å². The van der Waals surface area contributed by atoms with E-state index in [0.717, 1.165) is 37.7 Å². The van der Waals surface area contributed by atoms with Gasteiger partial charge in [0.2, 0.25) is 5.91 Å². The summed E-state index contributed by atoms with van der Waals surface area (Å²) in [7, 11) is 0. The Morgan fingerprint density at radius 2 is 1.91 bits per heavy atom. The van der Waals surface area contributed by atoms with Crippen molar-refractivity contribution in [3.05, 3.63) is 52.3 Å². The second-order valence-electron chi connectivity index (χ2n) is 9.39. The molecule has 1 aromatic heterocycles. The molecule has 1 aromatic carbocycles. The van der Waals surface area contributed by atoms with Gasteiger partial charge in [0, 0.05) is 30.2 Å². The number of benzene rings is 1. The molecule has 0 spiro atoms.